The highest BCUT2D eigenvalue weighted by atomic mass is 79.9. The molecule has 1 aromatic heterocycles. The number of nitro benzene ring substituents is 1. The van der Waals surface area contributed by atoms with E-state index in [1.165, 1.54) is 12.4 Å². The van der Waals surface area contributed by atoms with Gasteiger partial charge in [-0.2, -0.15) is 5.10 Å². The van der Waals surface area contributed by atoms with Crippen molar-refractivity contribution in [2.75, 3.05) is 5.32 Å². The van der Waals surface area contributed by atoms with Crippen LogP contribution < -0.4 is 11.1 Å². The molecule has 3 rings (SSSR count). The van der Waals surface area contributed by atoms with E-state index in [1.54, 1.807) is 48.3 Å². The molecule has 0 unspecified atom stereocenters. The number of halogens is 1. The Morgan fingerprint density at radius 3 is 2.81 bits per heavy atom. The molecule has 0 spiro atoms. The number of rotatable bonds is 5. The first-order valence-corrected chi connectivity index (χ1v) is 8.23. The lowest BCUT2D eigenvalue weighted by molar-refractivity contribution is -0.384. The van der Waals surface area contributed by atoms with Crippen molar-refractivity contribution in [3.8, 4) is 5.69 Å². The topological polar surface area (TPSA) is 124 Å². The Labute approximate surface area is 156 Å². The van der Waals surface area contributed by atoms with Crippen LogP contribution in [0.1, 0.15) is 6.92 Å². The summed E-state index contributed by atoms with van der Waals surface area (Å²) in [5.41, 5.74) is 7.85. The molecule has 9 nitrogen and oxygen atoms in total. The van der Waals surface area contributed by atoms with Crippen LogP contribution in [0.15, 0.2) is 58.5 Å². The van der Waals surface area contributed by atoms with Crippen LogP contribution in [0.3, 0.4) is 0 Å². The number of nitrogens with zero attached hydrogens (tertiary/aromatic N) is 5. The number of hydrogen-bond donors (Lipinski definition) is 2. The van der Waals surface area contributed by atoms with Crippen molar-refractivity contribution in [2.45, 2.75) is 6.92 Å². The molecule has 0 saturated heterocycles. The Morgan fingerprint density at radius 1 is 1.35 bits per heavy atom. The van der Waals surface area contributed by atoms with Gasteiger partial charge in [0.2, 0.25) is 0 Å². The molecule has 3 N–H and O–H groups in total. The zero-order valence-corrected chi connectivity index (χ0v) is 15.2. The van der Waals surface area contributed by atoms with E-state index >= 15 is 0 Å². The number of aliphatic imine (C=N–C) groups is 1. The molecule has 0 radical (unpaired) electrons. The van der Waals surface area contributed by atoms with Crippen LogP contribution in [0.4, 0.5) is 22.7 Å². The van der Waals surface area contributed by atoms with Crippen molar-refractivity contribution in [1.82, 2.24) is 14.8 Å². The van der Waals surface area contributed by atoms with E-state index in [0.717, 1.165) is 0 Å². The SMILES string of the molecule is CC(N)=Nc1cc(Nc2ccc(Br)cc2[N+](=O)[O-])cc(-n2cncn2)c1. The van der Waals surface area contributed by atoms with Gasteiger partial charge in [0.25, 0.3) is 5.69 Å². The van der Waals surface area contributed by atoms with E-state index in [9.17, 15) is 10.1 Å². The summed E-state index contributed by atoms with van der Waals surface area (Å²) in [5, 5.41) is 18.5. The van der Waals surface area contributed by atoms with Gasteiger partial charge in [-0.25, -0.2) is 14.7 Å². The lowest BCUT2D eigenvalue weighted by Crippen LogP contribution is -2.04. The number of anilines is 2. The monoisotopic (exact) mass is 415 g/mol. The van der Waals surface area contributed by atoms with Crippen molar-refractivity contribution < 1.29 is 4.92 Å². The Bertz CT molecular complexity index is 982. The minimum Gasteiger partial charge on any atom is -0.387 e. The first-order valence-electron chi connectivity index (χ1n) is 7.44. The third-order valence-electron chi connectivity index (χ3n) is 3.33. The molecule has 26 heavy (non-hydrogen) atoms. The second-order valence-electron chi connectivity index (χ2n) is 5.37. The third kappa shape index (κ3) is 4.03. The molecule has 0 atom stereocenters. The second-order valence-corrected chi connectivity index (χ2v) is 6.29. The average molecular weight is 416 g/mol. The maximum Gasteiger partial charge on any atom is 0.293 e. The minimum absolute atomic E-state index is 0.0504. The lowest BCUT2D eigenvalue weighted by atomic mass is 10.2. The fourth-order valence-corrected chi connectivity index (χ4v) is 2.68. The van der Waals surface area contributed by atoms with Crippen LogP contribution in [-0.4, -0.2) is 25.5 Å². The number of hydrogen-bond acceptors (Lipinski definition) is 6. The van der Waals surface area contributed by atoms with Gasteiger partial charge in [-0.1, -0.05) is 15.9 Å². The second kappa shape index (κ2) is 7.31. The third-order valence-corrected chi connectivity index (χ3v) is 3.82. The highest BCUT2D eigenvalue weighted by molar-refractivity contribution is 9.10. The molecular weight excluding hydrogens is 402 g/mol. The van der Waals surface area contributed by atoms with Crippen molar-refractivity contribution in [3.63, 3.8) is 0 Å². The highest BCUT2D eigenvalue weighted by Gasteiger charge is 2.15. The predicted molar refractivity (Wildman–Crippen MR) is 102 cm³/mol. The first-order chi connectivity index (χ1) is 12.4. The minimum atomic E-state index is -0.447. The van der Waals surface area contributed by atoms with Gasteiger partial charge < -0.3 is 11.1 Å². The van der Waals surface area contributed by atoms with Crippen molar-refractivity contribution in [2.24, 2.45) is 10.7 Å². The Balaban J connectivity index is 2.06. The van der Waals surface area contributed by atoms with Crippen molar-refractivity contribution >= 4 is 44.5 Å². The van der Waals surface area contributed by atoms with Crippen LogP contribution in [0.2, 0.25) is 0 Å². The fourth-order valence-electron chi connectivity index (χ4n) is 2.33. The lowest BCUT2D eigenvalue weighted by Gasteiger charge is -2.11. The van der Waals surface area contributed by atoms with Crippen molar-refractivity contribution in [3.05, 3.63) is 63.6 Å². The van der Waals surface area contributed by atoms with E-state index in [1.807, 2.05) is 0 Å². The van der Waals surface area contributed by atoms with Gasteiger partial charge in [-0.3, -0.25) is 10.1 Å². The number of nitro groups is 1. The van der Waals surface area contributed by atoms with Gasteiger partial charge in [0.05, 0.1) is 22.1 Å². The Hall–Kier alpha value is -3.27. The molecule has 0 amide bonds. The van der Waals surface area contributed by atoms with Crippen LogP contribution in [0, 0.1) is 10.1 Å². The van der Waals surface area contributed by atoms with Crippen LogP contribution in [0.25, 0.3) is 5.69 Å². The number of nitrogens with one attached hydrogen (secondary N) is 1. The molecule has 0 aliphatic rings. The summed E-state index contributed by atoms with van der Waals surface area (Å²) in [6, 6.07) is 10.1. The molecule has 0 fully saturated rings. The molecule has 0 bridgehead atoms. The number of nitrogens with two attached hydrogens (primary N) is 1. The number of benzene rings is 2. The molecule has 10 heteroatoms. The van der Waals surface area contributed by atoms with E-state index in [0.29, 0.717) is 33.1 Å². The average Bonchev–Trinajstić information content (AvgIpc) is 3.10. The van der Waals surface area contributed by atoms with Gasteiger partial charge in [-0.15, -0.1) is 0 Å². The summed E-state index contributed by atoms with van der Waals surface area (Å²) in [6.07, 6.45) is 2.96. The molecule has 0 saturated carbocycles. The summed E-state index contributed by atoms with van der Waals surface area (Å²) in [6.45, 7) is 1.68. The summed E-state index contributed by atoms with van der Waals surface area (Å²) in [4.78, 5) is 19.0. The van der Waals surface area contributed by atoms with Gasteiger partial charge in [0.15, 0.2) is 0 Å². The normalized spacial score (nSPS) is 11.4. The van der Waals surface area contributed by atoms with Crippen LogP contribution >= 0.6 is 15.9 Å². The van der Waals surface area contributed by atoms with Gasteiger partial charge in [-0.05, 0) is 37.3 Å². The van der Waals surface area contributed by atoms with Gasteiger partial charge >= 0.3 is 0 Å². The molecule has 132 valence electrons. The molecule has 1 heterocycles. The molecule has 0 aliphatic heterocycles. The molecule has 3 aromatic rings. The summed E-state index contributed by atoms with van der Waals surface area (Å²) in [5.74, 6) is 0.390. The molecular formula is C16H14BrN7O2. The summed E-state index contributed by atoms with van der Waals surface area (Å²) in [7, 11) is 0. The maximum absolute atomic E-state index is 11.3. The van der Waals surface area contributed by atoms with E-state index in [4.69, 9.17) is 5.73 Å². The maximum atomic E-state index is 11.3. The largest absolute Gasteiger partial charge is 0.387 e. The highest BCUT2D eigenvalue weighted by Crippen LogP contribution is 2.32. The molecule has 2 aromatic carbocycles. The number of amidine groups is 1. The van der Waals surface area contributed by atoms with Crippen LogP contribution in [0.5, 0.6) is 0 Å². The van der Waals surface area contributed by atoms with Gasteiger partial charge in [0, 0.05) is 16.2 Å². The van der Waals surface area contributed by atoms with Crippen molar-refractivity contribution in [1.29, 1.82) is 0 Å². The fraction of sp³-hybridized carbons (Fsp3) is 0.0625. The van der Waals surface area contributed by atoms with E-state index in [2.05, 4.69) is 36.3 Å². The Kier molecular flexibility index (Phi) is 4.94. The summed E-state index contributed by atoms with van der Waals surface area (Å²) >= 11 is 3.24. The van der Waals surface area contributed by atoms with Gasteiger partial charge in [0.1, 0.15) is 18.3 Å². The standard InChI is InChI=1S/C16H14BrN7O2/c1-10(18)21-12-5-13(7-14(6-12)23-9-19-8-20-23)22-15-3-2-11(17)4-16(15)24(25)26/h2-9,22H,1H3,(H2,18,21). The van der Waals surface area contributed by atoms with E-state index < -0.39 is 4.92 Å². The predicted octanol–water partition coefficient (Wildman–Crippen LogP) is 3.69. The quantitative estimate of drug-likeness (QED) is 0.283. The zero-order chi connectivity index (χ0) is 18.7. The smallest absolute Gasteiger partial charge is 0.293 e. The van der Waals surface area contributed by atoms with Crippen LogP contribution in [-0.2, 0) is 0 Å². The molecule has 0 aliphatic carbocycles. The Morgan fingerprint density at radius 2 is 2.15 bits per heavy atom. The number of aromatic nitrogens is 3. The van der Waals surface area contributed by atoms with E-state index in [-0.39, 0.29) is 5.69 Å². The first kappa shape index (κ1) is 17.5. The zero-order valence-electron chi connectivity index (χ0n) is 13.6. The summed E-state index contributed by atoms with van der Waals surface area (Å²) < 4.78 is 2.18.